The Labute approximate surface area is 134 Å². The minimum atomic E-state index is -0.895. The summed E-state index contributed by atoms with van der Waals surface area (Å²) in [7, 11) is 1.44. The van der Waals surface area contributed by atoms with Crippen molar-refractivity contribution in [3.8, 4) is 11.5 Å². The second-order valence-electron chi connectivity index (χ2n) is 5.77. The quantitative estimate of drug-likeness (QED) is 0.885. The number of methoxy groups -OCH3 is 1. The zero-order valence-corrected chi connectivity index (χ0v) is 12.9. The van der Waals surface area contributed by atoms with Crippen molar-refractivity contribution in [2.75, 3.05) is 12.0 Å². The second kappa shape index (κ2) is 5.43. The van der Waals surface area contributed by atoms with Crippen LogP contribution in [0.1, 0.15) is 18.9 Å². The third-order valence-electron chi connectivity index (χ3n) is 4.26. The molecule has 5 nitrogen and oxygen atoms in total. The van der Waals surface area contributed by atoms with Crippen LogP contribution >= 0.6 is 0 Å². The summed E-state index contributed by atoms with van der Waals surface area (Å²) in [5.41, 5.74) is 0.255. The van der Waals surface area contributed by atoms with Crippen molar-refractivity contribution in [2.45, 2.75) is 18.8 Å². The number of amides is 2. The number of aromatic hydroxyl groups is 1. The van der Waals surface area contributed by atoms with Crippen molar-refractivity contribution < 1.29 is 19.4 Å². The number of carbonyl (C=O) groups excluding carboxylic acids is 2. The summed E-state index contributed by atoms with van der Waals surface area (Å²) in [6, 6.07) is 13.7. The molecule has 1 aliphatic rings. The fourth-order valence-electron chi connectivity index (χ4n) is 2.93. The standard InChI is InChI=1S/C18H17NO4/c1-18(12-6-4-3-5-7-12)11-16(21)19(17(18)22)13-8-9-15(23-2)14(20)10-13/h3-10,20H,11H2,1-2H3/t18-/m1/s1. The summed E-state index contributed by atoms with van der Waals surface area (Å²) in [6.45, 7) is 1.77. The zero-order chi connectivity index (χ0) is 16.6. The molecule has 3 rings (SSSR count). The van der Waals surface area contributed by atoms with E-state index in [4.69, 9.17) is 4.74 Å². The molecule has 2 aromatic rings. The van der Waals surface area contributed by atoms with Gasteiger partial charge < -0.3 is 9.84 Å². The topological polar surface area (TPSA) is 66.8 Å². The van der Waals surface area contributed by atoms with E-state index in [1.807, 2.05) is 30.3 Å². The first-order valence-corrected chi connectivity index (χ1v) is 7.27. The normalized spacial score (nSPS) is 20.9. The van der Waals surface area contributed by atoms with Gasteiger partial charge in [0.05, 0.1) is 18.2 Å². The number of carbonyl (C=O) groups is 2. The molecule has 1 fully saturated rings. The molecule has 0 radical (unpaired) electrons. The smallest absolute Gasteiger partial charge is 0.244 e. The van der Waals surface area contributed by atoms with Gasteiger partial charge in [0.25, 0.3) is 0 Å². The molecular weight excluding hydrogens is 294 g/mol. The molecule has 2 aromatic carbocycles. The van der Waals surface area contributed by atoms with Gasteiger partial charge in [0, 0.05) is 12.5 Å². The second-order valence-corrected chi connectivity index (χ2v) is 5.77. The van der Waals surface area contributed by atoms with Gasteiger partial charge in [-0.25, -0.2) is 4.90 Å². The highest BCUT2D eigenvalue weighted by Gasteiger charge is 2.49. The van der Waals surface area contributed by atoms with E-state index in [1.165, 1.54) is 19.2 Å². The van der Waals surface area contributed by atoms with Crippen molar-refractivity contribution in [1.82, 2.24) is 0 Å². The van der Waals surface area contributed by atoms with Gasteiger partial charge >= 0.3 is 0 Å². The van der Waals surface area contributed by atoms with E-state index >= 15 is 0 Å². The Morgan fingerprint density at radius 3 is 2.43 bits per heavy atom. The number of phenols is 1. The van der Waals surface area contributed by atoms with Gasteiger partial charge in [-0.2, -0.15) is 0 Å². The lowest BCUT2D eigenvalue weighted by Gasteiger charge is -2.23. The maximum absolute atomic E-state index is 12.9. The molecule has 0 aromatic heterocycles. The number of rotatable bonds is 3. The lowest BCUT2D eigenvalue weighted by Crippen LogP contribution is -2.36. The number of phenolic OH excluding ortho intramolecular Hbond substituents is 1. The highest BCUT2D eigenvalue weighted by atomic mass is 16.5. The van der Waals surface area contributed by atoms with Gasteiger partial charge in [-0.15, -0.1) is 0 Å². The Balaban J connectivity index is 2.01. The molecule has 2 amide bonds. The van der Waals surface area contributed by atoms with Crippen molar-refractivity contribution in [2.24, 2.45) is 0 Å². The maximum atomic E-state index is 12.9. The van der Waals surface area contributed by atoms with E-state index in [2.05, 4.69) is 0 Å². The summed E-state index contributed by atoms with van der Waals surface area (Å²) in [6.07, 6.45) is 0.0998. The SMILES string of the molecule is COc1ccc(N2C(=O)C[C@](C)(c3ccccc3)C2=O)cc1O. The molecule has 118 valence electrons. The van der Waals surface area contributed by atoms with Gasteiger partial charge in [0.2, 0.25) is 11.8 Å². The van der Waals surface area contributed by atoms with E-state index in [-0.39, 0.29) is 24.0 Å². The number of nitrogens with zero attached hydrogens (tertiary/aromatic N) is 1. The van der Waals surface area contributed by atoms with Crippen molar-refractivity contribution in [3.63, 3.8) is 0 Å². The van der Waals surface area contributed by atoms with Crippen LogP contribution in [0.3, 0.4) is 0 Å². The largest absolute Gasteiger partial charge is 0.504 e. The van der Waals surface area contributed by atoms with E-state index in [0.717, 1.165) is 10.5 Å². The van der Waals surface area contributed by atoms with Crippen LogP contribution in [0.5, 0.6) is 11.5 Å². The Kier molecular flexibility index (Phi) is 3.56. The van der Waals surface area contributed by atoms with E-state index < -0.39 is 5.41 Å². The number of ether oxygens (including phenoxy) is 1. The molecule has 23 heavy (non-hydrogen) atoms. The van der Waals surface area contributed by atoms with Crippen LogP contribution < -0.4 is 9.64 Å². The van der Waals surface area contributed by atoms with E-state index in [9.17, 15) is 14.7 Å². The fourth-order valence-corrected chi connectivity index (χ4v) is 2.93. The fraction of sp³-hybridized carbons (Fsp3) is 0.222. The van der Waals surface area contributed by atoms with Crippen LogP contribution in [-0.4, -0.2) is 24.0 Å². The summed E-state index contributed by atoms with van der Waals surface area (Å²) < 4.78 is 4.99. The molecule has 5 heteroatoms. The molecule has 0 bridgehead atoms. The van der Waals surface area contributed by atoms with Crippen molar-refractivity contribution >= 4 is 17.5 Å². The zero-order valence-electron chi connectivity index (χ0n) is 12.9. The van der Waals surface area contributed by atoms with Crippen molar-refractivity contribution in [1.29, 1.82) is 0 Å². The molecule has 1 heterocycles. The van der Waals surface area contributed by atoms with Crippen LogP contribution in [0.2, 0.25) is 0 Å². The molecular formula is C18H17NO4. The Morgan fingerprint density at radius 2 is 1.83 bits per heavy atom. The Bertz CT molecular complexity index is 772. The monoisotopic (exact) mass is 311 g/mol. The lowest BCUT2D eigenvalue weighted by molar-refractivity contribution is -0.122. The Morgan fingerprint density at radius 1 is 1.13 bits per heavy atom. The lowest BCUT2D eigenvalue weighted by atomic mass is 9.81. The summed E-state index contributed by atoms with van der Waals surface area (Å²) in [4.78, 5) is 26.5. The number of anilines is 1. The third kappa shape index (κ3) is 2.34. The van der Waals surface area contributed by atoms with Crippen LogP contribution in [0, 0.1) is 0 Å². The number of benzene rings is 2. The van der Waals surface area contributed by atoms with Gasteiger partial charge in [0.15, 0.2) is 11.5 Å². The molecule has 0 saturated carbocycles. The van der Waals surface area contributed by atoms with Gasteiger partial charge in [-0.3, -0.25) is 9.59 Å². The minimum absolute atomic E-state index is 0.0998. The maximum Gasteiger partial charge on any atom is 0.244 e. The first-order chi connectivity index (χ1) is 11.0. The molecule has 1 aliphatic heterocycles. The van der Waals surface area contributed by atoms with Gasteiger partial charge in [0.1, 0.15) is 0 Å². The number of hydrogen-bond donors (Lipinski definition) is 1. The highest BCUT2D eigenvalue weighted by molar-refractivity contribution is 6.24. The predicted octanol–water partition coefficient (Wildman–Crippen LogP) is 2.62. The Hall–Kier alpha value is -2.82. The van der Waals surface area contributed by atoms with Gasteiger partial charge in [-0.1, -0.05) is 30.3 Å². The number of hydrogen-bond acceptors (Lipinski definition) is 4. The summed E-state index contributed by atoms with van der Waals surface area (Å²) in [5.74, 6) is -0.401. The average molecular weight is 311 g/mol. The summed E-state index contributed by atoms with van der Waals surface area (Å²) in [5, 5.41) is 9.90. The van der Waals surface area contributed by atoms with Crippen LogP contribution in [-0.2, 0) is 15.0 Å². The average Bonchev–Trinajstić information content (AvgIpc) is 2.78. The molecule has 1 saturated heterocycles. The molecule has 0 unspecified atom stereocenters. The third-order valence-corrected chi connectivity index (χ3v) is 4.26. The van der Waals surface area contributed by atoms with Crippen molar-refractivity contribution in [3.05, 3.63) is 54.1 Å². The van der Waals surface area contributed by atoms with Crippen LogP contribution in [0.25, 0.3) is 0 Å². The molecule has 0 spiro atoms. The van der Waals surface area contributed by atoms with E-state index in [0.29, 0.717) is 11.4 Å². The van der Waals surface area contributed by atoms with E-state index in [1.54, 1.807) is 13.0 Å². The first-order valence-electron chi connectivity index (χ1n) is 7.27. The minimum Gasteiger partial charge on any atom is -0.504 e. The molecule has 0 aliphatic carbocycles. The summed E-state index contributed by atoms with van der Waals surface area (Å²) >= 11 is 0. The van der Waals surface area contributed by atoms with Crippen LogP contribution in [0.15, 0.2) is 48.5 Å². The molecule has 1 atom stereocenters. The van der Waals surface area contributed by atoms with Crippen LogP contribution in [0.4, 0.5) is 5.69 Å². The first kappa shape index (κ1) is 15.1. The predicted molar refractivity (Wildman–Crippen MR) is 85.6 cm³/mol. The number of imide groups is 1. The molecule has 1 N–H and O–H groups in total. The highest BCUT2D eigenvalue weighted by Crippen LogP contribution is 2.40. The van der Waals surface area contributed by atoms with Gasteiger partial charge in [-0.05, 0) is 24.6 Å².